The van der Waals surface area contributed by atoms with Crippen molar-refractivity contribution in [1.82, 2.24) is 14.8 Å². The van der Waals surface area contributed by atoms with Crippen molar-refractivity contribution in [2.24, 2.45) is 0 Å². The van der Waals surface area contributed by atoms with Gasteiger partial charge in [-0.1, -0.05) is 36.8 Å². The fraction of sp³-hybridized carbons (Fsp3) is 0.261. The summed E-state index contributed by atoms with van der Waals surface area (Å²) >= 11 is 0. The highest BCUT2D eigenvalue weighted by Gasteiger charge is 2.16. The molecule has 6 heteroatoms. The second-order valence-corrected chi connectivity index (χ2v) is 7.05. The third kappa shape index (κ3) is 4.37. The van der Waals surface area contributed by atoms with Gasteiger partial charge in [0.25, 0.3) is 0 Å². The first-order chi connectivity index (χ1) is 14.2. The zero-order valence-electron chi connectivity index (χ0n) is 16.5. The zero-order valence-corrected chi connectivity index (χ0v) is 16.5. The molecule has 148 valence electrons. The second-order valence-electron chi connectivity index (χ2n) is 7.05. The van der Waals surface area contributed by atoms with Crippen LogP contribution in [0.2, 0.25) is 0 Å². The van der Waals surface area contributed by atoms with Gasteiger partial charge in [0.05, 0.1) is 7.11 Å². The van der Waals surface area contributed by atoms with E-state index in [0.717, 1.165) is 60.0 Å². The molecule has 1 aliphatic heterocycles. The van der Waals surface area contributed by atoms with Gasteiger partial charge in [0.1, 0.15) is 11.6 Å². The summed E-state index contributed by atoms with van der Waals surface area (Å²) in [6, 6.07) is 15.3. The predicted molar refractivity (Wildman–Crippen MR) is 114 cm³/mol. The van der Waals surface area contributed by atoms with Crippen LogP contribution in [-0.2, 0) is 17.8 Å². The van der Waals surface area contributed by atoms with Crippen molar-refractivity contribution in [3.05, 3.63) is 66.0 Å². The maximum Gasteiger partial charge on any atom is 0.248 e. The maximum absolute atomic E-state index is 12.4. The Kier molecular flexibility index (Phi) is 5.70. The Morgan fingerprint density at radius 1 is 1.10 bits per heavy atom. The number of benzene rings is 2. The van der Waals surface area contributed by atoms with Gasteiger partial charge in [-0.15, -0.1) is 10.2 Å². The number of hydrogen-bond acceptors (Lipinski definition) is 4. The first kappa shape index (κ1) is 18.9. The van der Waals surface area contributed by atoms with Gasteiger partial charge in [0.2, 0.25) is 5.91 Å². The molecule has 4 rings (SSSR count). The number of para-hydroxylation sites is 1. The van der Waals surface area contributed by atoms with Gasteiger partial charge in [-0.2, -0.15) is 0 Å². The molecule has 1 N–H and O–H groups in total. The molecule has 29 heavy (non-hydrogen) atoms. The Morgan fingerprint density at radius 3 is 2.90 bits per heavy atom. The van der Waals surface area contributed by atoms with Gasteiger partial charge in [0, 0.05) is 35.9 Å². The van der Waals surface area contributed by atoms with Gasteiger partial charge in [-0.25, -0.2) is 0 Å². The molecule has 0 saturated carbocycles. The summed E-state index contributed by atoms with van der Waals surface area (Å²) in [4.78, 5) is 12.4. The Hall–Kier alpha value is -3.41. The smallest absolute Gasteiger partial charge is 0.248 e. The first-order valence-corrected chi connectivity index (χ1v) is 9.89. The Bertz CT molecular complexity index is 1040. The molecule has 6 nitrogen and oxygen atoms in total. The minimum Gasteiger partial charge on any atom is -0.496 e. The number of amides is 1. The average molecular weight is 388 g/mol. The SMILES string of the molecule is COc1ccccc1/C=C/C(=O)Nc1cccc(-c2nnc3n2CCCCC3)c1. The number of nitrogens with one attached hydrogen (secondary N) is 1. The predicted octanol–water partition coefficient (Wildman–Crippen LogP) is 4.33. The van der Waals surface area contributed by atoms with E-state index < -0.39 is 0 Å². The van der Waals surface area contributed by atoms with Crippen LogP contribution in [0.3, 0.4) is 0 Å². The van der Waals surface area contributed by atoms with E-state index in [1.807, 2.05) is 48.5 Å². The van der Waals surface area contributed by atoms with Crippen molar-refractivity contribution < 1.29 is 9.53 Å². The Labute approximate surface area is 170 Å². The van der Waals surface area contributed by atoms with Crippen LogP contribution in [0.15, 0.2) is 54.6 Å². The van der Waals surface area contributed by atoms with Gasteiger partial charge in [-0.3, -0.25) is 4.79 Å². The summed E-state index contributed by atoms with van der Waals surface area (Å²) in [6.07, 6.45) is 7.74. The Morgan fingerprint density at radius 2 is 2.00 bits per heavy atom. The molecule has 0 atom stereocenters. The van der Waals surface area contributed by atoms with Crippen LogP contribution in [-0.4, -0.2) is 27.8 Å². The minimum absolute atomic E-state index is 0.201. The van der Waals surface area contributed by atoms with Crippen LogP contribution in [0, 0.1) is 0 Å². The number of fused-ring (bicyclic) bond motifs is 1. The molecule has 1 aromatic heterocycles. The Balaban J connectivity index is 1.50. The number of methoxy groups -OCH3 is 1. The fourth-order valence-corrected chi connectivity index (χ4v) is 3.59. The monoisotopic (exact) mass is 388 g/mol. The van der Waals surface area contributed by atoms with Crippen LogP contribution in [0.25, 0.3) is 17.5 Å². The van der Waals surface area contributed by atoms with Crippen LogP contribution in [0.5, 0.6) is 5.75 Å². The molecule has 1 amide bonds. The summed E-state index contributed by atoms with van der Waals surface area (Å²) in [7, 11) is 1.61. The highest BCUT2D eigenvalue weighted by atomic mass is 16.5. The number of rotatable bonds is 5. The van der Waals surface area contributed by atoms with Crippen molar-refractivity contribution in [2.45, 2.75) is 32.2 Å². The van der Waals surface area contributed by atoms with Gasteiger partial charge < -0.3 is 14.6 Å². The lowest BCUT2D eigenvalue weighted by molar-refractivity contribution is -0.111. The van der Waals surface area contributed by atoms with E-state index in [1.54, 1.807) is 13.2 Å². The highest BCUT2D eigenvalue weighted by Crippen LogP contribution is 2.25. The molecule has 0 radical (unpaired) electrons. The van der Waals surface area contributed by atoms with E-state index in [9.17, 15) is 4.79 Å². The van der Waals surface area contributed by atoms with Crippen molar-refractivity contribution in [3.63, 3.8) is 0 Å². The number of hydrogen-bond donors (Lipinski definition) is 1. The molecule has 2 heterocycles. The molecule has 2 aromatic carbocycles. The summed E-state index contributed by atoms with van der Waals surface area (Å²) in [5.41, 5.74) is 2.53. The molecule has 0 bridgehead atoms. The summed E-state index contributed by atoms with van der Waals surface area (Å²) < 4.78 is 7.51. The lowest BCUT2D eigenvalue weighted by Gasteiger charge is -2.09. The molecule has 1 aliphatic rings. The molecule has 0 saturated heterocycles. The van der Waals surface area contributed by atoms with Crippen molar-refractivity contribution in [2.75, 3.05) is 12.4 Å². The van der Waals surface area contributed by atoms with Crippen LogP contribution in [0.1, 0.15) is 30.7 Å². The summed E-state index contributed by atoms with van der Waals surface area (Å²) in [5, 5.41) is 11.7. The normalized spacial score (nSPS) is 13.7. The number of aryl methyl sites for hydroxylation is 1. The molecular formula is C23H24N4O2. The lowest BCUT2D eigenvalue weighted by Crippen LogP contribution is -2.08. The second kappa shape index (κ2) is 8.73. The highest BCUT2D eigenvalue weighted by molar-refractivity contribution is 6.02. The first-order valence-electron chi connectivity index (χ1n) is 9.89. The number of aromatic nitrogens is 3. The van der Waals surface area contributed by atoms with Crippen LogP contribution < -0.4 is 10.1 Å². The topological polar surface area (TPSA) is 69.0 Å². The van der Waals surface area contributed by atoms with E-state index in [1.165, 1.54) is 12.5 Å². The van der Waals surface area contributed by atoms with E-state index in [4.69, 9.17) is 4.74 Å². The molecular weight excluding hydrogens is 364 g/mol. The molecule has 0 spiro atoms. The van der Waals surface area contributed by atoms with E-state index in [-0.39, 0.29) is 5.91 Å². The maximum atomic E-state index is 12.4. The standard InChI is InChI=1S/C23H24N4O2/c1-29-20-11-5-4-8-17(20)13-14-22(28)24-19-10-7-9-18(16-19)23-26-25-21-12-3-2-6-15-27(21)23/h4-5,7-11,13-14,16H,2-3,6,12,15H2,1H3,(H,24,28)/b14-13+. The number of anilines is 1. The number of nitrogens with zero attached hydrogens (tertiary/aromatic N) is 3. The number of carbonyl (C=O) groups excluding carboxylic acids is 1. The molecule has 0 aliphatic carbocycles. The van der Waals surface area contributed by atoms with E-state index in [0.29, 0.717) is 0 Å². The van der Waals surface area contributed by atoms with E-state index >= 15 is 0 Å². The molecule has 3 aromatic rings. The van der Waals surface area contributed by atoms with Crippen LogP contribution >= 0.6 is 0 Å². The van der Waals surface area contributed by atoms with Crippen molar-refractivity contribution in [1.29, 1.82) is 0 Å². The van der Waals surface area contributed by atoms with E-state index in [2.05, 4.69) is 20.1 Å². The quantitative estimate of drug-likeness (QED) is 0.661. The van der Waals surface area contributed by atoms with Gasteiger partial charge in [0.15, 0.2) is 5.82 Å². The number of ether oxygens (including phenoxy) is 1. The zero-order chi connectivity index (χ0) is 20.1. The summed E-state index contributed by atoms with van der Waals surface area (Å²) in [5.74, 6) is 2.44. The average Bonchev–Trinajstić information content (AvgIpc) is 3.01. The third-order valence-electron chi connectivity index (χ3n) is 5.05. The van der Waals surface area contributed by atoms with Gasteiger partial charge >= 0.3 is 0 Å². The number of carbonyl (C=O) groups is 1. The third-order valence-corrected chi connectivity index (χ3v) is 5.05. The molecule has 0 unspecified atom stereocenters. The van der Waals surface area contributed by atoms with Crippen molar-refractivity contribution in [3.8, 4) is 17.1 Å². The van der Waals surface area contributed by atoms with Crippen molar-refractivity contribution >= 4 is 17.7 Å². The van der Waals surface area contributed by atoms with Gasteiger partial charge in [-0.05, 0) is 37.1 Å². The minimum atomic E-state index is -0.201. The van der Waals surface area contributed by atoms with Crippen LogP contribution in [0.4, 0.5) is 5.69 Å². The summed E-state index contributed by atoms with van der Waals surface area (Å²) in [6.45, 7) is 0.940. The largest absolute Gasteiger partial charge is 0.496 e. The fourth-order valence-electron chi connectivity index (χ4n) is 3.59. The molecule has 0 fully saturated rings. The lowest BCUT2D eigenvalue weighted by atomic mass is 10.1.